The Balaban J connectivity index is 2.16. The highest BCUT2D eigenvalue weighted by Crippen LogP contribution is 2.12. The molecular weight excluding hydrogens is 230 g/mol. The van der Waals surface area contributed by atoms with Gasteiger partial charge < -0.3 is 10.0 Å². The summed E-state index contributed by atoms with van der Waals surface area (Å²) in [6, 6.07) is 10.6. The second kappa shape index (κ2) is 5.27. The minimum Gasteiger partial charge on any atom is -0.477 e. The second-order valence-electron chi connectivity index (χ2n) is 3.86. The van der Waals surface area contributed by atoms with Crippen molar-refractivity contribution in [3.05, 3.63) is 54.0 Å². The van der Waals surface area contributed by atoms with Gasteiger partial charge in [-0.1, -0.05) is 12.1 Å². The van der Waals surface area contributed by atoms with E-state index >= 15 is 0 Å². The summed E-state index contributed by atoms with van der Waals surface area (Å²) in [6.07, 6.45) is 1.73. The van der Waals surface area contributed by atoms with Crippen molar-refractivity contribution in [3.8, 4) is 0 Å². The van der Waals surface area contributed by atoms with E-state index in [0.29, 0.717) is 12.4 Å². The SMILES string of the molecule is CN(Cc1ccccn1)c1cccc(C(=O)O)n1. The zero-order valence-corrected chi connectivity index (χ0v) is 9.95. The third-order valence-corrected chi connectivity index (χ3v) is 2.47. The number of carboxylic acids is 1. The van der Waals surface area contributed by atoms with Crippen LogP contribution in [0.15, 0.2) is 42.6 Å². The average molecular weight is 243 g/mol. The van der Waals surface area contributed by atoms with E-state index in [9.17, 15) is 4.79 Å². The van der Waals surface area contributed by atoms with Crippen molar-refractivity contribution < 1.29 is 9.90 Å². The topological polar surface area (TPSA) is 66.3 Å². The van der Waals surface area contributed by atoms with Gasteiger partial charge in [0, 0.05) is 13.2 Å². The van der Waals surface area contributed by atoms with E-state index in [4.69, 9.17) is 5.11 Å². The fourth-order valence-electron chi connectivity index (χ4n) is 1.57. The lowest BCUT2D eigenvalue weighted by Gasteiger charge is -2.17. The summed E-state index contributed by atoms with van der Waals surface area (Å²) in [5.74, 6) is -0.413. The number of nitrogens with zero attached hydrogens (tertiary/aromatic N) is 3. The maximum atomic E-state index is 10.8. The number of carboxylic acid groups (broad SMARTS) is 1. The predicted octanol–water partition coefficient (Wildman–Crippen LogP) is 1.81. The lowest BCUT2D eigenvalue weighted by molar-refractivity contribution is 0.0690. The number of carbonyl (C=O) groups is 1. The minimum atomic E-state index is -1.02. The van der Waals surface area contributed by atoms with E-state index < -0.39 is 5.97 Å². The van der Waals surface area contributed by atoms with Crippen LogP contribution in [0.5, 0.6) is 0 Å². The monoisotopic (exact) mass is 243 g/mol. The Hall–Kier alpha value is -2.43. The quantitative estimate of drug-likeness (QED) is 0.887. The molecule has 0 saturated heterocycles. The van der Waals surface area contributed by atoms with Crippen molar-refractivity contribution in [2.24, 2.45) is 0 Å². The third-order valence-electron chi connectivity index (χ3n) is 2.47. The van der Waals surface area contributed by atoms with E-state index in [1.807, 2.05) is 30.1 Å². The number of hydrogen-bond acceptors (Lipinski definition) is 4. The Kier molecular flexibility index (Phi) is 3.52. The first-order valence-corrected chi connectivity index (χ1v) is 5.48. The Labute approximate surface area is 105 Å². The molecule has 1 N–H and O–H groups in total. The van der Waals surface area contributed by atoms with Crippen LogP contribution in [-0.4, -0.2) is 28.1 Å². The molecule has 0 aliphatic heterocycles. The highest BCUT2D eigenvalue weighted by Gasteiger charge is 2.08. The van der Waals surface area contributed by atoms with Crippen LogP contribution in [0.1, 0.15) is 16.2 Å². The van der Waals surface area contributed by atoms with Gasteiger partial charge in [0.25, 0.3) is 0 Å². The van der Waals surface area contributed by atoms with Gasteiger partial charge in [0.2, 0.25) is 0 Å². The van der Waals surface area contributed by atoms with Gasteiger partial charge in [0.15, 0.2) is 5.69 Å². The molecule has 2 aromatic heterocycles. The highest BCUT2D eigenvalue weighted by molar-refractivity contribution is 5.85. The van der Waals surface area contributed by atoms with Crippen LogP contribution >= 0.6 is 0 Å². The summed E-state index contributed by atoms with van der Waals surface area (Å²) >= 11 is 0. The molecule has 2 aromatic rings. The molecule has 2 rings (SSSR count). The van der Waals surface area contributed by atoms with E-state index in [-0.39, 0.29) is 5.69 Å². The van der Waals surface area contributed by atoms with Gasteiger partial charge in [-0.3, -0.25) is 4.98 Å². The van der Waals surface area contributed by atoms with E-state index in [0.717, 1.165) is 5.69 Å². The van der Waals surface area contributed by atoms with Crippen molar-refractivity contribution in [1.29, 1.82) is 0 Å². The van der Waals surface area contributed by atoms with Crippen molar-refractivity contribution in [2.45, 2.75) is 6.54 Å². The molecule has 0 atom stereocenters. The van der Waals surface area contributed by atoms with Crippen LogP contribution in [-0.2, 0) is 6.54 Å². The molecule has 92 valence electrons. The smallest absolute Gasteiger partial charge is 0.354 e. The van der Waals surface area contributed by atoms with Crippen molar-refractivity contribution >= 4 is 11.8 Å². The van der Waals surface area contributed by atoms with Gasteiger partial charge in [0.1, 0.15) is 5.82 Å². The zero-order valence-electron chi connectivity index (χ0n) is 9.95. The van der Waals surface area contributed by atoms with Crippen molar-refractivity contribution in [1.82, 2.24) is 9.97 Å². The van der Waals surface area contributed by atoms with Crippen molar-refractivity contribution in [3.63, 3.8) is 0 Å². The molecule has 0 spiro atoms. The van der Waals surface area contributed by atoms with Gasteiger partial charge in [-0.15, -0.1) is 0 Å². The molecule has 0 aliphatic carbocycles. The Morgan fingerprint density at radius 1 is 1.28 bits per heavy atom. The first-order chi connectivity index (χ1) is 8.66. The van der Waals surface area contributed by atoms with Crippen LogP contribution < -0.4 is 4.90 Å². The van der Waals surface area contributed by atoms with Crippen LogP contribution in [0, 0.1) is 0 Å². The van der Waals surface area contributed by atoms with Crippen LogP contribution in [0.2, 0.25) is 0 Å². The summed E-state index contributed by atoms with van der Waals surface area (Å²) in [6.45, 7) is 0.580. The molecule has 0 aliphatic rings. The highest BCUT2D eigenvalue weighted by atomic mass is 16.4. The van der Waals surface area contributed by atoms with Crippen molar-refractivity contribution in [2.75, 3.05) is 11.9 Å². The fourth-order valence-corrected chi connectivity index (χ4v) is 1.57. The lowest BCUT2D eigenvalue weighted by atomic mass is 10.3. The normalized spacial score (nSPS) is 10.1. The molecule has 0 unspecified atom stereocenters. The van der Waals surface area contributed by atoms with Crippen LogP contribution in [0.25, 0.3) is 0 Å². The van der Waals surface area contributed by atoms with Gasteiger partial charge in [-0.25, -0.2) is 9.78 Å². The number of anilines is 1. The Morgan fingerprint density at radius 3 is 2.78 bits per heavy atom. The van der Waals surface area contributed by atoms with Crippen LogP contribution in [0.4, 0.5) is 5.82 Å². The summed E-state index contributed by atoms with van der Waals surface area (Å²) in [4.78, 5) is 21.0. The van der Waals surface area contributed by atoms with Crippen LogP contribution in [0.3, 0.4) is 0 Å². The fraction of sp³-hybridized carbons (Fsp3) is 0.154. The number of pyridine rings is 2. The summed E-state index contributed by atoms with van der Waals surface area (Å²) < 4.78 is 0. The molecular formula is C13H13N3O2. The molecule has 18 heavy (non-hydrogen) atoms. The average Bonchev–Trinajstić information content (AvgIpc) is 2.40. The van der Waals surface area contributed by atoms with E-state index in [2.05, 4.69) is 9.97 Å². The van der Waals surface area contributed by atoms with Gasteiger partial charge >= 0.3 is 5.97 Å². The number of aromatic carboxylic acids is 1. The molecule has 0 aromatic carbocycles. The minimum absolute atomic E-state index is 0.0420. The summed E-state index contributed by atoms with van der Waals surface area (Å²) in [5, 5.41) is 8.89. The largest absolute Gasteiger partial charge is 0.477 e. The lowest BCUT2D eigenvalue weighted by Crippen LogP contribution is -2.19. The number of rotatable bonds is 4. The summed E-state index contributed by atoms with van der Waals surface area (Å²) in [7, 11) is 1.85. The Morgan fingerprint density at radius 2 is 2.11 bits per heavy atom. The molecule has 5 nitrogen and oxygen atoms in total. The maximum Gasteiger partial charge on any atom is 0.354 e. The van der Waals surface area contributed by atoms with Gasteiger partial charge in [-0.2, -0.15) is 0 Å². The van der Waals surface area contributed by atoms with Gasteiger partial charge in [0.05, 0.1) is 12.2 Å². The van der Waals surface area contributed by atoms with E-state index in [1.54, 1.807) is 18.3 Å². The van der Waals surface area contributed by atoms with E-state index in [1.165, 1.54) is 6.07 Å². The molecule has 2 heterocycles. The standard InChI is InChI=1S/C13H13N3O2/c1-16(9-10-5-2-3-8-14-10)12-7-4-6-11(15-12)13(17)18/h2-8H,9H2,1H3,(H,17,18). The third kappa shape index (κ3) is 2.82. The molecule has 0 saturated carbocycles. The first kappa shape index (κ1) is 12.0. The molecule has 0 amide bonds. The molecule has 0 fully saturated rings. The zero-order chi connectivity index (χ0) is 13.0. The second-order valence-corrected chi connectivity index (χ2v) is 3.86. The maximum absolute atomic E-state index is 10.8. The molecule has 0 bridgehead atoms. The molecule has 0 radical (unpaired) electrons. The number of hydrogen-bond donors (Lipinski definition) is 1. The molecule has 5 heteroatoms. The summed E-state index contributed by atoms with van der Waals surface area (Å²) in [5.41, 5.74) is 0.947. The first-order valence-electron chi connectivity index (χ1n) is 5.48. The predicted molar refractivity (Wildman–Crippen MR) is 67.5 cm³/mol. The number of aromatic nitrogens is 2. The Bertz CT molecular complexity index is 543. The van der Waals surface area contributed by atoms with Gasteiger partial charge in [-0.05, 0) is 24.3 Å².